The number of aromatic amines is 2. The summed E-state index contributed by atoms with van der Waals surface area (Å²) in [6, 6.07) is 6.28. The molecule has 0 radical (unpaired) electrons. The Morgan fingerprint density at radius 2 is 1.82 bits per heavy atom. The number of ketones is 1. The molecule has 7 nitrogen and oxygen atoms in total. The van der Waals surface area contributed by atoms with E-state index in [2.05, 4.69) is 9.97 Å². The van der Waals surface area contributed by atoms with Gasteiger partial charge in [-0.2, -0.15) is 0 Å². The van der Waals surface area contributed by atoms with Gasteiger partial charge < -0.3 is 19.4 Å². The van der Waals surface area contributed by atoms with Gasteiger partial charge in [0.1, 0.15) is 11.4 Å². The van der Waals surface area contributed by atoms with Crippen molar-refractivity contribution in [2.24, 2.45) is 0 Å². The van der Waals surface area contributed by atoms with Crippen LogP contribution >= 0.6 is 0 Å². The number of hydrogen-bond acceptors (Lipinski definition) is 5. The molecule has 0 aliphatic carbocycles. The summed E-state index contributed by atoms with van der Waals surface area (Å²) in [4.78, 5) is 39.6. The molecule has 0 aliphatic rings. The highest BCUT2D eigenvalue weighted by atomic mass is 16.6. The van der Waals surface area contributed by atoms with Gasteiger partial charge in [0, 0.05) is 11.3 Å². The number of rotatable bonds is 6. The van der Waals surface area contributed by atoms with Crippen molar-refractivity contribution in [1.82, 2.24) is 9.97 Å². The van der Waals surface area contributed by atoms with Crippen molar-refractivity contribution in [3.05, 3.63) is 51.7 Å². The van der Waals surface area contributed by atoms with Crippen LogP contribution in [0.1, 0.15) is 28.7 Å². The lowest BCUT2D eigenvalue weighted by Gasteiger charge is -2.06. The number of aryl methyl sites for hydroxylation is 1. The van der Waals surface area contributed by atoms with Crippen molar-refractivity contribution in [1.29, 1.82) is 0 Å². The number of esters is 1. The molecular weight excluding hydrogens is 288 g/mol. The molecule has 0 atom stereocenters. The van der Waals surface area contributed by atoms with E-state index in [0.717, 1.165) is 0 Å². The number of hydrogen-bond donors (Lipinski definition) is 2. The van der Waals surface area contributed by atoms with Crippen molar-refractivity contribution >= 4 is 11.8 Å². The SMILES string of the molecule is CCOC(=O)COc1ccc(C(=O)c2[nH]c(=O)[nH]c2C)cc1. The maximum absolute atomic E-state index is 12.2. The first kappa shape index (κ1) is 15.6. The van der Waals surface area contributed by atoms with Crippen molar-refractivity contribution < 1.29 is 19.1 Å². The molecule has 0 fully saturated rings. The Kier molecular flexibility index (Phi) is 4.77. The van der Waals surface area contributed by atoms with Crippen LogP contribution in [0.5, 0.6) is 5.75 Å². The molecule has 1 heterocycles. The van der Waals surface area contributed by atoms with Crippen LogP contribution in [0.3, 0.4) is 0 Å². The summed E-state index contributed by atoms with van der Waals surface area (Å²) < 4.78 is 9.98. The molecule has 0 saturated carbocycles. The van der Waals surface area contributed by atoms with Crippen molar-refractivity contribution in [2.45, 2.75) is 13.8 Å². The lowest BCUT2D eigenvalue weighted by atomic mass is 10.1. The predicted molar refractivity (Wildman–Crippen MR) is 78.2 cm³/mol. The fourth-order valence-electron chi connectivity index (χ4n) is 1.89. The van der Waals surface area contributed by atoms with Crippen LogP contribution in [0.25, 0.3) is 0 Å². The summed E-state index contributed by atoms with van der Waals surface area (Å²) >= 11 is 0. The molecule has 2 N–H and O–H groups in total. The van der Waals surface area contributed by atoms with Gasteiger partial charge in [0.05, 0.1) is 6.61 Å². The van der Waals surface area contributed by atoms with E-state index in [-0.39, 0.29) is 18.1 Å². The molecule has 1 aromatic carbocycles. The molecule has 116 valence electrons. The van der Waals surface area contributed by atoms with E-state index < -0.39 is 11.7 Å². The maximum atomic E-state index is 12.2. The van der Waals surface area contributed by atoms with Gasteiger partial charge in [-0.15, -0.1) is 0 Å². The third kappa shape index (κ3) is 3.63. The number of carbonyl (C=O) groups excluding carboxylic acids is 2. The molecule has 0 saturated heterocycles. The van der Waals surface area contributed by atoms with E-state index in [0.29, 0.717) is 23.6 Å². The third-order valence-corrected chi connectivity index (χ3v) is 2.92. The van der Waals surface area contributed by atoms with Gasteiger partial charge >= 0.3 is 11.7 Å². The highest BCUT2D eigenvalue weighted by Gasteiger charge is 2.14. The van der Waals surface area contributed by atoms with Crippen LogP contribution in [0, 0.1) is 6.92 Å². The van der Waals surface area contributed by atoms with Crippen LogP contribution < -0.4 is 10.4 Å². The summed E-state index contributed by atoms with van der Waals surface area (Å²) in [6.45, 7) is 3.46. The minimum atomic E-state index is -0.455. The van der Waals surface area contributed by atoms with Gasteiger partial charge in [-0.3, -0.25) is 4.79 Å². The summed E-state index contributed by atoms with van der Waals surface area (Å²) in [5.41, 5.74) is 0.694. The van der Waals surface area contributed by atoms with Gasteiger partial charge in [-0.25, -0.2) is 9.59 Å². The number of benzene rings is 1. The average molecular weight is 304 g/mol. The first-order chi connectivity index (χ1) is 10.5. The monoisotopic (exact) mass is 304 g/mol. The molecule has 0 amide bonds. The van der Waals surface area contributed by atoms with Crippen LogP contribution in [0.15, 0.2) is 29.1 Å². The molecule has 2 aromatic rings. The zero-order chi connectivity index (χ0) is 16.1. The van der Waals surface area contributed by atoms with Gasteiger partial charge in [0.15, 0.2) is 6.61 Å². The molecule has 7 heteroatoms. The Morgan fingerprint density at radius 1 is 1.14 bits per heavy atom. The highest BCUT2D eigenvalue weighted by molar-refractivity contribution is 6.08. The summed E-state index contributed by atoms with van der Waals surface area (Å²) in [6.07, 6.45) is 0. The molecule has 2 rings (SSSR count). The number of imidazole rings is 1. The quantitative estimate of drug-likeness (QED) is 0.616. The second-order valence-corrected chi connectivity index (χ2v) is 4.53. The topological polar surface area (TPSA) is 101 Å². The second kappa shape index (κ2) is 6.75. The van der Waals surface area contributed by atoms with Crippen molar-refractivity contribution in [3.63, 3.8) is 0 Å². The van der Waals surface area contributed by atoms with E-state index in [1.165, 1.54) is 0 Å². The largest absolute Gasteiger partial charge is 0.482 e. The third-order valence-electron chi connectivity index (χ3n) is 2.92. The number of carbonyl (C=O) groups is 2. The smallest absolute Gasteiger partial charge is 0.344 e. The van der Waals surface area contributed by atoms with Crippen molar-refractivity contribution in [2.75, 3.05) is 13.2 Å². The molecule has 22 heavy (non-hydrogen) atoms. The molecule has 0 bridgehead atoms. The normalized spacial score (nSPS) is 10.3. The zero-order valence-electron chi connectivity index (χ0n) is 12.3. The van der Waals surface area contributed by atoms with E-state index >= 15 is 0 Å². The Hall–Kier alpha value is -2.83. The van der Waals surface area contributed by atoms with Crippen LogP contribution in [-0.4, -0.2) is 34.9 Å². The summed E-state index contributed by atoms with van der Waals surface area (Å²) in [5.74, 6) is -0.306. The van der Waals surface area contributed by atoms with Gasteiger partial charge in [0.25, 0.3) is 0 Å². The zero-order valence-corrected chi connectivity index (χ0v) is 12.3. The minimum Gasteiger partial charge on any atom is -0.482 e. The molecule has 0 aliphatic heterocycles. The average Bonchev–Trinajstić information content (AvgIpc) is 2.84. The number of ether oxygens (including phenoxy) is 2. The molecular formula is C15H16N2O5. The fourth-order valence-corrected chi connectivity index (χ4v) is 1.89. The minimum absolute atomic E-state index is 0.189. The first-order valence-electron chi connectivity index (χ1n) is 6.73. The number of nitrogens with one attached hydrogen (secondary N) is 2. The van der Waals surface area contributed by atoms with Gasteiger partial charge in [-0.1, -0.05) is 0 Å². The summed E-state index contributed by atoms with van der Waals surface area (Å²) in [5, 5.41) is 0. The lowest BCUT2D eigenvalue weighted by Crippen LogP contribution is -2.14. The lowest BCUT2D eigenvalue weighted by molar-refractivity contribution is -0.145. The van der Waals surface area contributed by atoms with E-state index in [4.69, 9.17) is 9.47 Å². The Bertz CT molecular complexity index is 727. The highest BCUT2D eigenvalue weighted by Crippen LogP contribution is 2.15. The van der Waals surface area contributed by atoms with E-state index in [1.807, 2.05) is 0 Å². The first-order valence-corrected chi connectivity index (χ1v) is 6.73. The Balaban J connectivity index is 2.05. The Morgan fingerprint density at radius 3 is 2.36 bits per heavy atom. The van der Waals surface area contributed by atoms with Gasteiger partial charge in [-0.05, 0) is 38.1 Å². The van der Waals surface area contributed by atoms with E-state index in [9.17, 15) is 14.4 Å². The molecule has 1 aromatic heterocycles. The predicted octanol–water partition coefficient (Wildman–Crippen LogP) is 1.18. The molecule has 0 unspecified atom stereocenters. The van der Waals surface area contributed by atoms with E-state index in [1.54, 1.807) is 38.1 Å². The van der Waals surface area contributed by atoms with Crippen LogP contribution in [0.2, 0.25) is 0 Å². The van der Waals surface area contributed by atoms with Gasteiger partial charge in [0.2, 0.25) is 5.78 Å². The number of H-pyrrole nitrogens is 2. The summed E-state index contributed by atoms with van der Waals surface area (Å²) in [7, 11) is 0. The second-order valence-electron chi connectivity index (χ2n) is 4.53. The molecule has 0 spiro atoms. The van der Waals surface area contributed by atoms with Crippen molar-refractivity contribution in [3.8, 4) is 5.75 Å². The maximum Gasteiger partial charge on any atom is 0.344 e. The fraction of sp³-hybridized carbons (Fsp3) is 0.267. The number of aromatic nitrogens is 2. The Labute approximate surface area is 126 Å². The van der Waals surface area contributed by atoms with Crippen LogP contribution in [-0.2, 0) is 9.53 Å². The van der Waals surface area contributed by atoms with Crippen LogP contribution in [0.4, 0.5) is 0 Å². The standard InChI is InChI=1S/C15H16N2O5/c1-3-21-12(18)8-22-11-6-4-10(5-7-11)14(19)13-9(2)16-15(20)17-13/h4-7H,3,8H2,1-2H3,(H2,16,17,20).